The van der Waals surface area contributed by atoms with Gasteiger partial charge >= 0.3 is 0 Å². The molecular weight excluding hydrogens is 294 g/mol. The van der Waals surface area contributed by atoms with Crippen molar-refractivity contribution in [3.8, 4) is 0 Å². The quantitative estimate of drug-likeness (QED) is 0.907. The number of pyridine rings is 1. The molecule has 1 aliphatic heterocycles. The summed E-state index contributed by atoms with van der Waals surface area (Å²) in [5, 5.41) is 3.64. The molecule has 2 rings (SSSR count). The zero-order valence-electron chi connectivity index (χ0n) is 11.9. The molecule has 0 radical (unpaired) electrons. The molecule has 1 aliphatic rings. The summed E-state index contributed by atoms with van der Waals surface area (Å²) in [6.07, 6.45) is 3.66. The van der Waals surface area contributed by atoms with Gasteiger partial charge < -0.3 is 10.2 Å². The number of thioether (sulfide) groups is 1. The Labute approximate surface area is 129 Å². The van der Waals surface area contributed by atoms with Gasteiger partial charge in [-0.2, -0.15) is 11.8 Å². The van der Waals surface area contributed by atoms with Gasteiger partial charge in [0.1, 0.15) is 5.82 Å². The molecule has 1 saturated heterocycles. The number of halogens is 1. The van der Waals surface area contributed by atoms with E-state index in [-0.39, 0.29) is 5.91 Å². The summed E-state index contributed by atoms with van der Waals surface area (Å²) >= 11 is 8.07. The molecule has 0 aliphatic carbocycles. The van der Waals surface area contributed by atoms with Crippen LogP contribution in [0.15, 0.2) is 12.3 Å². The topological polar surface area (TPSA) is 45.2 Å². The minimum Gasteiger partial charge on any atom is -0.369 e. The maximum absolute atomic E-state index is 12.4. The van der Waals surface area contributed by atoms with Gasteiger partial charge in [-0.05, 0) is 24.7 Å². The maximum atomic E-state index is 12.4. The molecule has 0 saturated carbocycles. The van der Waals surface area contributed by atoms with Crippen LogP contribution in [0.2, 0.25) is 5.02 Å². The summed E-state index contributed by atoms with van der Waals surface area (Å²) in [4.78, 5) is 18.5. The third kappa shape index (κ3) is 3.58. The van der Waals surface area contributed by atoms with Gasteiger partial charge in [0, 0.05) is 31.6 Å². The molecule has 110 valence electrons. The number of hydrogen-bond donors (Lipinski definition) is 1. The fourth-order valence-corrected chi connectivity index (χ4v) is 3.63. The lowest BCUT2D eigenvalue weighted by Crippen LogP contribution is -2.37. The van der Waals surface area contributed by atoms with Crippen LogP contribution in [-0.4, -0.2) is 46.9 Å². The number of hydrogen-bond acceptors (Lipinski definition) is 4. The van der Waals surface area contributed by atoms with Crippen molar-refractivity contribution in [3.63, 3.8) is 0 Å². The lowest BCUT2D eigenvalue weighted by atomic mass is 10.2. The van der Waals surface area contributed by atoms with Crippen molar-refractivity contribution in [1.82, 2.24) is 9.88 Å². The summed E-state index contributed by atoms with van der Waals surface area (Å²) < 4.78 is 0. The SMILES string of the molecule is CCCNc1ncc(C(=O)N(C)C2CCSC2)cc1Cl. The molecule has 1 aromatic rings. The molecule has 1 fully saturated rings. The molecule has 0 bridgehead atoms. The third-order valence-electron chi connectivity index (χ3n) is 3.40. The van der Waals surface area contributed by atoms with E-state index in [1.807, 2.05) is 23.7 Å². The average Bonchev–Trinajstić information content (AvgIpc) is 2.98. The third-order valence-corrected chi connectivity index (χ3v) is 4.84. The van der Waals surface area contributed by atoms with Crippen molar-refractivity contribution < 1.29 is 4.79 Å². The molecule has 1 atom stereocenters. The van der Waals surface area contributed by atoms with Crippen molar-refractivity contribution in [1.29, 1.82) is 0 Å². The van der Waals surface area contributed by atoms with E-state index in [1.165, 1.54) is 0 Å². The number of nitrogens with zero attached hydrogens (tertiary/aromatic N) is 2. The van der Waals surface area contributed by atoms with E-state index in [9.17, 15) is 4.79 Å². The van der Waals surface area contributed by atoms with Gasteiger partial charge in [-0.3, -0.25) is 4.79 Å². The highest BCUT2D eigenvalue weighted by molar-refractivity contribution is 7.99. The zero-order valence-corrected chi connectivity index (χ0v) is 13.4. The van der Waals surface area contributed by atoms with Crippen molar-refractivity contribution in [3.05, 3.63) is 22.8 Å². The number of rotatable bonds is 5. The second kappa shape index (κ2) is 7.18. The van der Waals surface area contributed by atoms with Gasteiger partial charge in [-0.25, -0.2) is 4.98 Å². The predicted octanol–water partition coefficient (Wildman–Crippen LogP) is 3.13. The van der Waals surface area contributed by atoms with Crippen LogP contribution in [0.4, 0.5) is 5.82 Å². The lowest BCUT2D eigenvalue weighted by molar-refractivity contribution is 0.0747. The lowest BCUT2D eigenvalue weighted by Gasteiger charge is -2.23. The Hall–Kier alpha value is -0.940. The Morgan fingerprint density at radius 2 is 2.45 bits per heavy atom. The molecule has 20 heavy (non-hydrogen) atoms. The monoisotopic (exact) mass is 313 g/mol. The molecule has 6 heteroatoms. The van der Waals surface area contributed by atoms with Crippen LogP contribution in [0.25, 0.3) is 0 Å². The second-order valence-electron chi connectivity index (χ2n) is 4.91. The van der Waals surface area contributed by atoms with Gasteiger partial charge in [0.05, 0.1) is 10.6 Å². The van der Waals surface area contributed by atoms with E-state index >= 15 is 0 Å². The summed E-state index contributed by atoms with van der Waals surface area (Å²) in [6, 6.07) is 2.03. The molecule has 1 N–H and O–H groups in total. The highest BCUT2D eigenvalue weighted by atomic mass is 35.5. The largest absolute Gasteiger partial charge is 0.369 e. The Morgan fingerprint density at radius 1 is 1.65 bits per heavy atom. The van der Waals surface area contributed by atoms with Gasteiger partial charge in [-0.1, -0.05) is 18.5 Å². The van der Waals surface area contributed by atoms with Crippen LogP contribution in [0.1, 0.15) is 30.1 Å². The maximum Gasteiger partial charge on any atom is 0.255 e. The molecule has 2 heterocycles. The van der Waals surface area contributed by atoms with Crippen LogP contribution in [0, 0.1) is 0 Å². The fourth-order valence-electron chi connectivity index (χ4n) is 2.13. The van der Waals surface area contributed by atoms with Crippen molar-refractivity contribution >= 4 is 35.1 Å². The van der Waals surface area contributed by atoms with Crippen molar-refractivity contribution in [2.75, 3.05) is 30.4 Å². The van der Waals surface area contributed by atoms with Crippen molar-refractivity contribution in [2.24, 2.45) is 0 Å². The Kier molecular flexibility index (Phi) is 5.54. The minimum absolute atomic E-state index is 0.00561. The van der Waals surface area contributed by atoms with E-state index in [4.69, 9.17) is 11.6 Å². The Balaban J connectivity index is 2.08. The molecule has 0 aromatic carbocycles. The summed E-state index contributed by atoms with van der Waals surface area (Å²) in [5.41, 5.74) is 0.552. The number of aromatic nitrogens is 1. The highest BCUT2D eigenvalue weighted by Crippen LogP contribution is 2.24. The molecule has 1 unspecified atom stereocenters. The molecule has 1 amide bonds. The molecule has 1 aromatic heterocycles. The molecular formula is C14H20ClN3OS. The number of anilines is 1. The van der Waals surface area contributed by atoms with Gasteiger partial charge in [0.15, 0.2) is 0 Å². The summed E-state index contributed by atoms with van der Waals surface area (Å²) in [6.45, 7) is 2.90. The number of nitrogens with one attached hydrogen (secondary N) is 1. The first-order chi connectivity index (χ1) is 9.63. The van der Waals surface area contributed by atoms with Gasteiger partial charge in [0.25, 0.3) is 5.91 Å². The smallest absolute Gasteiger partial charge is 0.255 e. The number of carbonyl (C=O) groups excluding carboxylic acids is 1. The minimum atomic E-state index is -0.00561. The predicted molar refractivity (Wildman–Crippen MR) is 85.9 cm³/mol. The first-order valence-electron chi connectivity index (χ1n) is 6.87. The van der Waals surface area contributed by atoms with E-state index in [1.54, 1.807) is 12.3 Å². The van der Waals surface area contributed by atoms with E-state index in [0.29, 0.717) is 22.4 Å². The zero-order chi connectivity index (χ0) is 14.5. The van der Waals surface area contributed by atoms with Crippen molar-refractivity contribution in [2.45, 2.75) is 25.8 Å². The molecule has 4 nitrogen and oxygen atoms in total. The van der Waals surface area contributed by atoms with E-state index in [0.717, 1.165) is 30.9 Å². The summed E-state index contributed by atoms with van der Waals surface area (Å²) in [5.74, 6) is 2.78. The first-order valence-corrected chi connectivity index (χ1v) is 8.41. The first kappa shape index (κ1) is 15.4. The van der Waals surface area contributed by atoms with Crippen LogP contribution in [0.3, 0.4) is 0 Å². The van der Waals surface area contributed by atoms with Gasteiger partial charge in [-0.15, -0.1) is 0 Å². The Bertz CT molecular complexity index is 477. The van der Waals surface area contributed by atoms with E-state index in [2.05, 4.69) is 17.2 Å². The van der Waals surface area contributed by atoms with Crippen LogP contribution >= 0.6 is 23.4 Å². The second-order valence-corrected chi connectivity index (χ2v) is 6.47. The number of amides is 1. The molecule has 0 spiro atoms. The average molecular weight is 314 g/mol. The normalized spacial score (nSPS) is 18.1. The summed E-state index contributed by atoms with van der Waals surface area (Å²) in [7, 11) is 1.86. The van der Waals surface area contributed by atoms with Crippen LogP contribution < -0.4 is 5.32 Å². The van der Waals surface area contributed by atoms with E-state index < -0.39 is 0 Å². The number of carbonyl (C=O) groups is 1. The van der Waals surface area contributed by atoms with Crippen LogP contribution in [0.5, 0.6) is 0 Å². The van der Waals surface area contributed by atoms with Crippen LogP contribution in [-0.2, 0) is 0 Å². The van der Waals surface area contributed by atoms with Gasteiger partial charge in [0.2, 0.25) is 0 Å². The Morgan fingerprint density at radius 3 is 3.05 bits per heavy atom. The standard InChI is InChI=1S/C14H20ClN3OS/c1-3-5-16-13-12(15)7-10(8-17-13)14(19)18(2)11-4-6-20-9-11/h7-8,11H,3-6,9H2,1-2H3,(H,16,17). The highest BCUT2D eigenvalue weighted by Gasteiger charge is 2.25. The fraction of sp³-hybridized carbons (Fsp3) is 0.571.